The summed E-state index contributed by atoms with van der Waals surface area (Å²) < 4.78 is 0. The topological polar surface area (TPSA) is 67.6 Å². The highest BCUT2D eigenvalue weighted by molar-refractivity contribution is 5.86. The molecule has 16 heavy (non-hydrogen) atoms. The Bertz CT molecular complexity index is 609. The van der Waals surface area contributed by atoms with E-state index < -0.39 is 0 Å². The normalized spacial score (nSPS) is 10.8. The molecule has 0 bridgehead atoms. The average molecular weight is 210 g/mol. The van der Waals surface area contributed by atoms with Gasteiger partial charge in [0.25, 0.3) is 0 Å². The minimum atomic E-state index is 0.439. The van der Waals surface area contributed by atoms with Crippen molar-refractivity contribution in [2.24, 2.45) is 0 Å². The van der Waals surface area contributed by atoms with E-state index in [4.69, 9.17) is 5.73 Å². The molecule has 0 saturated heterocycles. The second-order valence-electron chi connectivity index (χ2n) is 3.56. The van der Waals surface area contributed by atoms with E-state index in [0.717, 1.165) is 16.6 Å². The van der Waals surface area contributed by atoms with Crippen LogP contribution in [-0.2, 0) is 0 Å². The molecule has 3 N–H and O–H groups in total. The number of H-pyrrole nitrogens is 1. The Labute approximate surface area is 92.2 Å². The van der Waals surface area contributed by atoms with Gasteiger partial charge in [-0.3, -0.25) is 0 Å². The highest BCUT2D eigenvalue weighted by atomic mass is 14.9. The number of benzene rings is 1. The summed E-state index contributed by atoms with van der Waals surface area (Å²) in [6.45, 7) is 0. The van der Waals surface area contributed by atoms with Gasteiger partial charge in [0, 0.05) is 23.3 Å². The molecule has 0 aliphatic carbocycles. The molecule has 4 heteroatoms. The molecule has 3 rings (SSSR count). The second kappa shape index (κ2) is 3.34. The van der Waals surface area contributed by atoms with Crippen LogP contribution < -0.4 is 5.73 Å². The summed E-state index contributed by atoms with van der Waals surface area (Å²) >= 11 is 0. The first-order chi connectivity index (χ1) is 7.84. The van der Waals surface area contributed by atoms with Crippen LogP contribution in [-0.4, -0.2) is 15.0 Å². The van der Waals surface area contributed by atoms with Crippen molar-refractivity contribution in [3.8, 4) is 11.4 Å². The molecule has 78 valence electrons. The highest BCUT2D eigenvalue weighted by Crippen LogP contribution is 2.24. The zero-order valence-corrected chi connectivity index (χ0v) is 8.51. The molecular weight excluding hydrogens is 200 g/mol. The summed E-state index contributed by atoms with van der Waals surface area (Å²) in [5.41, 5.74) is 8.44. The molecule has 1 aromatic carbocycles. The number of aromatic amines is 1. The molecule has 0 radical (unpaired) electrons. The van der Waals surface area contributed by atoms with E-state index in [0.29, 0.717) is 11.5 Å². The summed E-state index contributed by atoms with van der Waals surface area (Å²) in [5.74, 6) is 0.439. The van der Waals surface area contributed by atoms with E-state index in [9.17, 15) is 0 Å². The second-order valence-corrected chi connectivity index (χ2v) is 3.56. The number of anilines is 1. The Kier molecular flexibility index (Phi) is 1.86. The third kappa shape index (κ3) is 1.32. The highest BCUT2D eigenvalue weighted by Gasteiger charge is 2.07. The Morgan fingerprint density at radius 2 is 1.88 bits per heavy atom. The fourth-order valence-electron chi connectivity index (χ4n) is 1.76. The van der Waals surface area contributed by atoms with Crippen LogP contribution in [0.3, 0.4) is 0 Å². The van der Waals surface area contributed by atoms with Gasteiger partial charge in [0.15, 0.2) is 5.82 Å². The van der Waals surface area contributed by atoms with Crippen LogP contribution in [0.4, 0.5) is 5.82 Å². The summed E-state index contributed by atoms with van der Waals surface area (Å²) in [4.78, 5) is 11.5. The number of fused-ring (bicyclic) bond motifs is 1. The first kappa shape index (κ1) is 8.91. The zero-order valence-electron chi connectivity index (χ0n) is 8.51. The first-order valence-electron chi connectivity index (χ1n) is 4.99. The molecular formula is C12H10N4. The number of para-hydroxylation sites is 1. The molecule has 0 amide bonds. The maximum absolute atomic E-state index is 5.78. The van der Waals surface area contributed by atoms with Crippen LogP contribution in [0.25, 0.3) is 22.3 Å². The fourth-order valence-corrected chi connectivity index (χ4v) is 1.76. The number of hydrogen-bond acceptors (Lipinski definition) is 3. The number of rotatable bonds is 1. The van der Waals surface area contributed by atoms with Crippen LogP contribution >= 0.6 is 0 Å². The molecule has 0 aliphatic rings. The number of nitrogen functional groups attached to an aromatic ring is 1. The maximum atomic E-state index is 5.78. The van der Waals surface area contributed by atoms with Crippen molar-refractivity contribution in [2.45, 2.75) is 0 Å². The predicted molar refractivity (Wildman–Crippen MR) is 63.7 cm³/mol. The molecule has 0 aliphatic heterocycles. The number of nitrogens with zero attached hydrogens (tertiary/aromatic N) is 2. The van der Waals surface area contributed by atoms with Gasteiger partial charge in [-0.05, 0) is 12.1 Å². The van der Waals surface area contributed by atoms with Crippen LogP contribution in [0.1, 0.15) is 0 Å². The lowest BCUT2D eigenvalue weighted by Gasteiger charge is -1.98. The van der Waals surface area contributed by atoms with Gasteiger partial charge >= 0.3 is 0 Å². The van der Waals surface area contributed by atoms with Crippen molar-refractivity contribution in [3.63, 3.8) is 0 Å². The third-order valence-corrected chi connectivity index (χ3v) is 2.51. The molecule has 4 nitrogen and oxygen atoms in total. The lowest BCUT2D eigenvalue weighted by atomic mass is 10.2. The van der Waals surface area contributed by atoms with Gasteiger partial charge in [-0.15, -0.1) is 0 Å². The van der Waals surface area contributed by atoms with Crippen molar-refractivity contribution in [1.82, 2.24) is 15.0 Å². The van der Waals surface area contributed by atoms with Crippen molar-refractivity contribution in [2.75, 3.05) is 5.73 Å². The van der Waals surface area contributed by atoms with Crippen LogP contribution in [0.2, 0.25) is 0 Å². The standard InChI is InChI=1S/C12H10N4/c13-12-11(14-5-6-15-12)10-7-8-3-1-2-4-9(8)16-10/h1-7,16H,(H2,13,15). The van der Waals surface area contributed by atoms with Crippen molar-refractivity contribution >= 4 is 16.7 Å². The van der Waals surface area contributed by atoms with Crippen molar-refractivity contribution < 1.29 is 0 Å². The molecule has 0 unspecified atom stereocenters. The lowest BCUT2D eigenvalue weighted by Crippen LogP contribution is -1.95. The maximum Gasteiger partial charge on any atom is 0.151 e. The summed E-state index contributed by atoms with van der Waals surface area (Å²) in [5, 5.41) is 1.14. The fraction of sp³-hybridized carbons (Fsp3) is 0. The molecule has 3 aromatic rings. The van der Waals surface area contributed by atoms with E-state index >= 15 is 0 Å². The number of nitrogens with two attached hydrogens (primary N) is 1. The Balaban J connectivity index is 2.23. The predicted octanol–water partition coefficient (Wildman–Crippen LogP) is 2.21. The molecule has 2 aromatic heterocycles. The number of nitrogens with one attached hydrogen (secondary N) is 1. The zero-order chi connectivity index (χ0) is 11.0. The molecule has 0 fully saturated rings. The molecule has 2 heterocycles. The van der Waals surface area contributed by atoms with E-state index in [1.807, 2.05) is 30.3 Å². The number of aromatic nitrogens is 3. The molecule has 0 spiro atoms. The largest absolute Gasteiger partial charge is 0.382 e. The number of hydrogen-bond donors (Lipinski definition) is 2. The monoisotopic (exact) mass is 210 g/mol. The van der Waals surface area contributed by atoms with E-state index in [-0.39, 0.29) is 0 Å². The van der Waals surface area contributed by atoms with Gasteiger partial charge in [-0.25, -0.2) is 9.97 Å². The van der Waals surface area contributed by atoms with Gasteiger partial charge in [0.05, 0.1) is 5.69 Å². The van der Waals surface area contributed by atoms with Gasteiger partial charge in [-0.1, -0.05) is 18.2 Å². The summed E-state index contributed by atoms with van der Waals surface area (Å²) in [7, 11) is 0. The van der Waals surface area contributed by atoms with Gasteiger partial charge in [-0.2, -0.15) is 0 Å². The molecule has 0 atom stereocenters. The van der Waals surface area contributed by atoms with Gasteiger partial charge in [0.2, 0.25) is 0 Å². The minimum absolute atomic E-state index is 0.439. The Hall–Kier alpha value is -2.36. The summed E-state index contributed by atoms with van der Waals surface area (Å²) in [6.07, 6.45) is 3.22. The Morgan fingerprint density at radius 1 is 1.06 bits per heavy atom. The van der Waals surface area contributed by atoms with Crippen molar-refractivity contribution in [3.05, 3.63) is 42.7 Å². The van der Waals surface area contributed by atoms with Crippen LogP contribution in [0, 0.1) is 0 Å². The SMILES string of the molecule is Nc1nccnc1-c1cc2ccccc2[nH]1. The molecule has 0 saturated carbocycles. The third-order valence-electron chi connectivity index (χ3n) is 2.51. The van der Waals surface area contributed by atoms with Crippen LogP contribution in [0.5, 0.6) is 0 Å². The smallest absolute Gasteiger partial charge is 0.151 e. The Morgan fingerprint density at radius 3 is 2.69 bits per heavy atom. The van der Waals surface area contributed by atoms with Gasteiger partial charge in [0.1, 0.15) is 5.69 Å². The first-order valence-corrected chi connectivity index (χ1v) is 4.99. The van der Waals surface area contributed by atoms with Gasteiger partial charge < -0.3 is 10.7 Å². The van der Waals surface area contributed by atoms with Crippen LogP contribution in [0.15, 0.2) is 42.7 Å². The average Bonchev–Trinajstić information content (AvgIpc) is 2.73. The minimum Gasteiger partial charge on any atom is -0.382 e. The van der Waals surface area contributed by atoms with E-state index in [2.05, 4.69) is 15.0 Å². The van der Waals surface area contributed by atoms with Crippen molar-refractivity contribution in [1.29, 1.82) is 0 Å². The quantitative estimate of drug-likeness (QED) is 0.647. The van der Waals surface area contributed by atoms with E-state index in [1.54, 1.807) is 12.4 Å². The van der Waals surface area contributed by atoms with E-state index in [1.165, 1.54) is 0 Å². The lowest BCUT2D eigenvalue weighted by molar-refractivity contribution is 1.20. The summed E-state index contributed by atoms with van der Waals surface area (Å²) in [6, 6.07) is 10.1.